The fourth-order valence-electron chi connectivity index (χ4n) is 2.83. The molecule has 0 unspecified atom stereocenters. The number of methoxy groups -OCH3 is 1. The molecule has 0 aliphatic heterocycles. The van der Waals surface area contributed by atoms with Gasteiger partial charge in [0.1, 0.15) is 17.8 Å². The Bertz CT molecular complexity index is 1420. The molecule has 2 aromatic carbocycles. The Morgan fingerprint density at radius 3 is 2.73 bits per heavy atom. The maximum absolute atomic E-state index is 14.2. The van der Waals surface area contributed by atoms with Crippen molar-refractivity contribution in [1.82, 2.24) is 14.7 Å². The molecule has 0 atom stereocenters. The Hall–Kier alpha value is -3.25. The summed E-state index contributed by atoms with van der Waals surface area (Å²) < 4.78 is 52.9. The first kappa shape index (κ1) is 20.0. The molecule has 0 saturated carbocycles. The highest BCUT2D eigenvalue weighted by atomic mass is 79.9. The molecule has 12 heteroatoms. The molecule has 1 N–H and O–H groups in total. The number of hydrogen-bond acceptors (Lipinski definition) is 7. The van der Waals surface area contributed by atoms with Crippen LogP contribution in [-0.4, -0.2) is 30.2 Å². The van der Waals surface area contributed by atoms with E-state index in [9.17, 15) is 17.6 Å². The number of aromatic nitrogens is 3. The second kappa shape index (κ2) is 7.54. The van der Waals surface area contributed by atoms with Crippen LogP contribution in [0.1, 0.15) is 0 Å². The lowest BCUT2D eigenvalue weighted by molar-refractivity contribution is 0.411. The van der Waals surface area contributed by atoms with Gasteiger partial charge in [0.25, 0.3) is 15.6 Å². The van der Waals surface area contributed by atoms with Crippen LogP contribution in [0.25, 0.3) is 16.7 Å². The van der Waals surface area contributed by atoms with E-state index in [1.54, 1.807) is 0 Å². The number of rotatable bonds is 5. The van der Waals surface area contributed by atoms with Crippen LogP contribution in [0.4, 0.5) is 10.2 Å². The molecule has 30 heavy (non-hydrogen) atoms. The van der Waals surface area contributed by atoms with E-state index >= 15 is 0 Å². The van der Waals surface area contributed by atoms with Crippen LogP contribution < -0.4 is 15.0 Å². The van der Waals surface area contributed by atoms with E-state index in [0.29, 0.717) is 0 Å². The zero-order valence-corrected chi connectivity index (χ0v) is 17.6. The van der Waals surface area contributed by atoms with E-state index in [1.165, 1.54) is 48.3 Å². The van der Waals surface area contributed by atoms with E-state index < -0.39 is 21.4 Å². The second-order valence-corrected chi connectivity index (χ2v) is 8.55. The van der Waals surface area contributed by atoms with Gasteiger partial charge in [-0.1, -0.05) is 5.16 Å². The van der Waals surface area contributed by atoms with Crippen molar-refractivity contribution in [2.24, 2.45) is 0 Å². The first-order valence-electron chi connectivity index (χ1n) is 8.28. The molecule has 0 bridgehead atoms. The smallest absolute Gasteiger partial charge is 0.274 e. The Morgan fingerprint density at radius 2 is 2.03 bits per heavy atom. The summed E-state index contributed by atoms with van der Waals surface area (Å²) in [6.45, 7) is 0. The first-order chi connectivity index (χ1) is 14.3. The average Bonchev–Trinajstić information content (AvgIpc) is 3.21. The summed E-state index contributed by atoms with van der Waals surface area (Å²) in [5.41, 5.74) is 0.0664. The summed E-state index contributed by atoms with van der Waals surface area (Å²) in [6, 6.07) is 7.87. The average molecular weight is 495 g/mol. The lowest BCUT2D eigenvalue weighted by Crippen LogP contribution is -2.20. The monoisotopic (exact) mass is 494 g/mol. The first-order valence-corrected chi connectivity index (χ1v) is 10.6. The van der Waals surface area contributed by atoms with Gasteiger partial charge in [-0.15, -0.1) is 0 Å². The molecule has 2 heterocycles. The third kappa shape index (κ3) is 3.55. The Morgan fingerprint density at radius 1 is 1.23 bits per heavy atom. The highest BCUT2D eigenvalue weighted by Crippen LogP contribution is 2.30. The van der Waals surface area contributed by atoms with Crippen LogP contribution in [0.2, 0.25) is 0 Å². The number of fused-ring (bicyclic) bond motifs is 1. The van der Waals surface area contributed by atoms with Crippen LogP contribution >= 0.6 is 15.9 Å². The van der Waals surface area contributed by atoms with Gasteiger partial charge in [-0.2, -0.15) is 0 Å². The van der Waals surface area contributed by atoms with Gasteiger partial charge in [0.05, 0.1) is 39.4 Å². The minimum Gasteiger partial charge on any atom is -0.495 e. The van der Waals surface area contributed by atoms with Gasteiger partial charge in [-0.05, 0) is 40.2 Å². The Kier molecular flexibility index (Phi) is 5.03. The molecule has 2 aromatic heterocycles. The third-order valence-corrected chi connectivity index (χ3v) is 6.13. The van der Waals surface area contributed by atoms with Crippen LogP contribution in [-0.2, 0) is 10.0 Å². The van der Waals surface area contributed by atoms with E-state index in [0.717, 1.165) is 12.3 Å². The number of halogens is 2. The predicted octanol–water partition coefficient (Wildman–Crippen LogP) is 3.08. The summed E-state index contributed by atoms with van der Waals surface area (Å²) in [4.78, 5) is 16.5. The standard InChI is InChI=1S/C18H12BrFN4O5S/c1-28-16-7-11(19)12(20)8-15(16)24-14-3-2-10(6-13(14)21-9-18(24)25)30(26,27)23-17-4-5-29-22-17/h2-9H,1H3,(H,22,23). The number of nitrogens with one attached hydrogen (secondary N) is 1. The molecule has 0 aliphatic carbocycles. The molecule has 0 fully saturated rings. The van der Waals surface area contributed by atoms with Gasteiger partial charge in [0, 0.05) is 12.1 Å². The lowest BCUT2D eigenvalue weighted by Gasteiger charge is -2.15. The van der Waals surface area contributed by atoms with E-state index in [2.05, 4.69) is 35.3 Å². The second-order valence-electron chi connectivity index (χ2n) is 6.01. The zero-order chi connectivity index (χ0) is 21.5. The predicted molar refractivity (Wildman–Crippen MR) is 109 cm³/mol. The Balaban J connectivity index is 1.89. The fraction of sp³-hybridized carbons (Fsp3) is 0.0556. The van der Waals surface area contributed by atoms with Crippen molar-refractivity contribution in [3.8, 4) is 11.4 Å². The van der Waals surface area contributed by atoms with Gasteiger partial charge >= 0.3 is 0 Å². The van der Waals surface area contributed by atoms with Crippen molar-refractivity contribution in [2.45, 2.75) is 4.90 Å². The highest BCUT2D eigenvalue weighted by molar-refractivity contribution is 9.10. The zero-order valence-electron chi connectivity index (χ0n) is 15.2. The lowest BCUT2D eigenvalue weighted by atomic mass is 10.2. The fourth-order valence-corrected chi connectivity index (χ4v) is 4.17. The topological polar surface area (TPSA) is 116 Å². The number of hydrogen-bond donors (Lipinski definition) is 1. The van der Waals surface area contributed by atoms with Gasteiger partial charge in [-0.25, -0.2) is 17.8 Å². The normalized spacial score (nSPS) is 11.6. The Labute approximate surface area is 177 Å². The van der Waals surface area contributed by atoms with Crippen molar-refractivity contribution in [1.29, 1.82) is 0 Å². The van der Waals surface area contributed by atoms with Crippen molar-refractivity contribution < 1.29 is 22.1 Å². The van der Waals surface area contributed by atoms with Crippen LogP contribution in [0, 0.1) is 5.82 Å². The molecule has 0 radical (unpaired) electrons. The van der Waals surface area contributed by atoms with Gasteiger partial charge in [0.2, 0.25) is 0 Å². The number of nitrogens with zero attached hydrogens (tertiary/aromatic N) is 3. The molecule has 0 aliphatic rings. The minimum absolute atomic E-state index is 0.0168. The molecule has 4 aromatic rings. The quantitative estimate of drug-likeness (QED) is 0.452. The summed E-state index contributed by atoms with van der Waals surface area (Å²) in [5, 5.41) is 3.51. The molecule has 0 amide bonds. The number of anilines is 1. The van der Waals surface area contributed by atoms with Gasteiger partial charge < -0.3 is 9.26 Å². The highest BCUT2D eigenvalue weighted by Gasteiger charge is 2.19. The van der Waals surface area contributed by atoms with E-state index in [-0.39, 0.29) is 37.7 Å². The van der Waals surface area contributed by atoms with Crippen molar-refractivity contribution in [2.75, 3.05) is 11.8 Å². The molecule has 0 spiro atoms. The molecule has 0 saturated heterocycles. The van der Waals surface area contributed by atoms with Crippen molar-refractivity contribution >= 4 is 42.8 Å². The van der Waals surface area contributed by atoms with Crippen LogP contribution in [0.3, 0.4) is 0 Å². The van der Waals surface area contributed by atoms with Crippen LogP contribution in [0.5, 0.6) is 5.75 Å². The maximum atomic E-state index is 14.2. The van der Waals surface area contributed by atoms with Crippen molar-refractivity contribution in [3.63, 3.8) is 0 Å². The molecular weight excluding hydrogens is 483 g/mol. The number of sulfonamides is 1. The molecule has 154 valence electrons. The van der Waals surface area contributed by atoms with Gasteiger partial charge in [-0.3, -0.25) is 14.1 Å². The maximum Gasteiger partial charge on any atom is 0.274 e. The molecule has 9 nitrogen and oxygen atoms in total. The minimum atomic E-state index is -3.98. The molecular formula is C18H12BrFN4O5S. The molecule has 4 rings (SSSR count). The van der Waals surface area contributed by atoms with E-state index in [4.69, 9.17) is 4.74 Å². The van der Waals surface area contributed by atoms with Gasteiger partial charge in [0.15, 0.2) is 5.82 Å². The number of ether oxygens (including phenoxy) is 1. The van der Waals surface area contributed by atoms with Crippen molar-refractivity contribution in [3.05, 3.63) is 69.5 Å². The number of benzene rings is 2. The SMILES string of the molecule is COc1cc(Br)c(F)cc1-n1c(=O)cnc2cc(S(=O)(=O)Nc3ccon3)ccc21. The largest absolute Gasteiger partial charge is 0.495 e. The van der Waals surface area contributed by atoms with Crippen LogP contribution in [0.15, 0.2) is 67.5 Å². The van der Waals surface area contributed by atoms with E-state index in [1.807, 2.05) is 0 Å². The summed E-state index contributed by atoms with van der Waals surface area (Å²) >= 11 is 3.08. The summed E-state index contributed by atoms with van der Waals surface area (Å²) in [7, 11) is -2.59. The third-order valence-electron chi connectivity index (χ3n) is 4.17. The summed E-state index contributed by atoms with van der Waals surface area (Å²) in [6.07, 6.45) is 2.24. The summed E-state index contributed by atoms with van der Waals surface area (Å²) in [5.74, 6) is -0.343.